The average Bonchev–Trinajstić information content (AvgIpc) is 3.22. The van der Waals surface area contributed by atoms with Crippen molar-refractivity contribution in [1.29, 1.82) is 0 Å². The molecule has 0 heterocycles. The molecule has 0 aromatic heterocycles. The third kappa shape index (κ3) is 50.4. The minimum absolute atomic E-state index is 0.0942. The van der Waals surface area contributed by atoms with Gasteiger partial charge in [0.05, 0.1) is 34.4 Å². The van der Waals surface area contributed by atoms with Gasteiger partial charge in [-0.2, -0.15) is 0 Å². The Hall–Kier alpha value is -0.500. The van der Waals surface area contributed by atoms with E-state index in [0.717, 1.165) is 32.1 Å². The Labute approximate surface area is 380 Å². The van der Waals surface area contributed by atoms with Crippen LogP contribution < -0.4 is 0 Å². The number of unbranched alkanes of at least 4 members (excludes halogenated alkanes) is 37. The van der Waals surface area contributed by atoms with Crippen LogP contribution in [0.5, 0.6) is 0 Å². The molecule has 9 heteroatoms. The van der Waals surface area contributed by atoms with E-state index in [1.807, 2.05) is 21.1 Å². The molecule has 0 saturated heterocycles. The van der Waals surface area contributed by atoms with Gasteiger partial charge in [-0.05, 0) is 12.8 Å². The first-order valence-electron chi connectivity index (χ1n) is 26.8. The lowest BCUT2D eigenvalue weighted by Crippen LogP contribution is -2.37. The molecule has 0 saturated carbocycles. The summed E-state index contributed by atoms with van der Waals surface area (Å²) in [6.07, 6.45) is 51.5. The second-order valence-electron chi connectivity index (χ2n) is 19.6. The lowest BCUT2D eigenvalue weighted by atomic mass is 10.0. The maximum absolute atomic E-state index is 12.7. The molecule has 0 aliphatic heterocycles. The highest BCUT2D eigenvalue weighted by Gasteiger charge is 2.26. The predicted molar refractivity (Wildman–Crippen MR) is 261 cm³/mol. The second-order valence-corrected chi connectivity index (χ2v) is 21.1. The van der Waals surface area contributed by atoms with Crippen LogP contribution in [0.2, 0.25) is 0 Å². The fourth-order valence-corrected chi connectivity index (χ4v) is 8.77. The van der Waals surface area contributed by atoms with Gasteiger partial charge in [-0.25, -0.2) is 4.57 Å². The van der Waals surface area contributed by atoms with Gasteiger partial charge >= 0.3 is 13.8 Å². The zero-order chi connectivity index (χ0) is 44.8. The minimum Gasteiger partial charge on any atom is -0.457 e. The maximum Gasteiger partial charge on any atom is 0.472 e. The summed E-state index contributed by atoms with van der Waals surface area (Å²) in [4.78, 5) is 23.0. The predicted octanol–water partition coefficient (Wildman–Crippen LogP) is 16.4. The number of phosphoric acid groups is 1. The number of hydrogen-bond acceptors (Lipinski definition) is 6. The van der Waals surface area contributed by atoms with E-state index in [4.69, 9.17) is 18.5 Å². The Morgan fingerprint density at radius 2 is 0.754 bits per heavy atom. The molecule has 8 nitrogen and oxygen atoms in total. The van der Waals surface area contributed by atoms with Gasteiger partial charge in [0.1, 0.15) is 19.3 Å². The van der Waals surface area contributed by atoms with Crippen LogP contribution in [0.1, 0.15) is 271 Å². The molecule has 2 atom stereocenters. The van der Waals surface area contributed by atoms with Crippen LogP contribution in [0.15, 0.2) is 0 Å². The Balaban J connectivity index is 4.01. The number of phosphoric ester groups is 1. The summed E-state index contributed by atoms with van der Waals surface area (Å²) < 4.78 is 35.2. The highest BCUT2D eigenvalue weighted by molar-refractivity contribution is 7.47. The molecule has 0 aliphatic rings. The van der Waals surface area contributed by atoms with E-state index in [1.54, 1.807) is 0 Å². The molecule has 0 aliphatic carbocycles. The van der Waals surface area contributed by atoms with E-state index in [0.29, 0.717) is 24.1 Å². The van der Waals surface area contributed by atoms with Gasteiger partial charge in [0, 0.05) is 13.0 Å². The highest BCUT2D eigenvalue weighted by atomic mass is 31.2. The zero-order valence-corrected chi connectivity index (χ0v) is 42.6. The summed E-state index contributed by atoms with van der Waals surface area (Å²) in [5, 5.41) is 0. The van der Waals surface area contributed by atoms with Gasteiger partial charge in [0.15, 0.2) is 0 Å². The standard InChI is InChI=1S/C52H106NO7P/c1-6-8-10-12-14-16-18-20-22-23-24-25-26-27-28-29-30-32-34-36-38-40-42-44-47-57-49-51(50-59-61(55,56)58-48-46-53(3,4)5)60-52(54)45-43-41-39-37-35-33-31-21-19-17-15-13-11-9-7-2/h51H,6-50H2,1-5H3/p+1. The first-order valence-corrected chi connectivity index (χ1v) is 28.3. The molecule has 0 aromatic carbocycles. The van der Waals surface area contributed by atoms with Crippen molar-refractivity contribution in [2.45, 2.75) is 277 Å². The molecule has 0 fully saturated rings. The van der Waals surface area contributed by atoms with E-state index in [9.17, 15) is 14.3 Å². The van der Waals surface area contributed by atoms with Crippen molar-refractivity contribution < 1.29 is 37.3 Å². The van der Waals surface area contributed by atoms with Gasteiger partial charge in [0.25, 0.3) is 0 Å². The molecular weight excluding hydrogens is 782 g/mol. The Morgan fingerprint density at radius 3 is 1.08 bits per heavy atom. The SMILES string of the molecule is CCCCCCCCCCCCCCCCCCCCCCCCCCOCC(COP(=O)(O)OCC[N+](C)(C)C)OC(=O)CCCCCCCCCCCCCCCCC. The lowest BCUT2D eigenvalue weighted by Gasteiger charge is -2.24. The molecule has 366 valence electrons. The number of nitrogens with zero attached hydrogens (tertiary/aromatic N) is 1. The molecule has 61 heavy (non-hydrogen) atoms. The number of carbonyl (C=O) groups is 1. The molecule has 0 radical (unpaired) electrons. The summed E-state index contributed by atoms with van der Waals surface area (Å²) >= 11 is 0. The molecule has 0 bridgehead atoms. The van der Waals surface area contributed by atoms with E-state index in [-0.39, 0.29) is 25.8 Å². The summed E-state index contributed by atoms with van der Waals surface area (Å²) in [7, 11) is 1.69. The number of ether oxygens (including phenoxy) is 2. The number of likely N-dealkylation sites (N-methyl/N-ethyl adjacent to an activating group) is 1. The minimum atomic E-state index is -4.27. The number of carbonyl (C=O) groups excluding carboxylic acids is 1. The van der Waals surface area contributed by atoms with Gasteiger partial charge in [0.2, 0.25) is 0 Å². The largest absolute Gasteiger partial charge is 0.472 e. The smallest absolute Gasteiger partial charge is 0.457 e. The number of hydrogen-bond donors (Lipinski definition) is 1. The molecular formula is C52H107NO7P+. The number of esters is 1. The normalized spacial score (nSPS) is 13.5. The second kappa shape index (κ2) is 46.0. The lowest BCUT2D eigenvalue weighted by molar-refractivity contribution is -0.870. The number of rotatable bonds is 51. The first kappa shape index (κ1) is 60.5. The molecule has 1 N–H and O–H groups in total. The molecule has 0 aromatic rings. The van der Waals surface area contributed by atoms with E-state index < -0.39 is 13.9 Å². The summed E-state index contributed by atoms with van der Waals surface area (Å²) in [6, 6.07) is 0. The van der Waals surface area contributed by atoms with Crippen molar-refractivity contribution in [2.75, 3.05) is 54.1 Å². The van der Waals surface area contributed by atoms with Gasteiger partial charge in [-0.15, -0.1) is 0 Å². The Morgan fingerprint density at radius 1 is 0.443 bits per heavy atom. The Kier molecular flexibility index (Phi) is 45.7. The van der Waals surface area contributed by atoms with E-state index >= 15 is 0 Å². The Bertz CT molecular complexity index is 945. The maximum atomic E-state index is 12.7. The van der Waals surface area contributed by atoms with Gasteiger partial charge in [-0.1, -0.05) is 251 Å². The van der Waals surface area contributed by atoms with Crippen LogP contribution in [0.3, 0.4) is 0 Å². The zero-order valence-electron chi connectivity index (χ0n) is 41.7. The summed E-state index contributed by atoms with van der Waals surface area (Å²) in [5.41, 5.74) is 0. The quantitative estimate of drug-likeness (QED) is 0.0281. The topological polar surface area (TPSA) is 91.3 Å². The first-order chi connectivity index (χ1) is 29.6. The van der Waals surface area contributed by atoms with Crippen LogP contribution in [-0.4, -0.2) is 75.6 Å². The fraction of sp³-hybridized carbons (Fsp3) is 0.981. The molecule has 2 unspecified atom stereocenters. The van der Waals surface area contributed by atoms with Crippen molar-refractivity contribution in [3.8, 4) is 0 Å². The molecule has 0 rings (SSSR count). The van der Waals surface area contributed by atoms with Crippen LogP contribution in [0.25, 0.3) is 0 Å². The third-order valence-corrected chi connectivity index (χ3v) is 13.2. The third-order valence-electron chi connectivity index (χ3n) is 12.2. The van der Waals surface area contributed by atoms with Crippen LogP contribution in [-0.2, 0) is 27.9 Å². The average molecular weight is 889 g/mol. The van der Waals surface area contributed by atoms with Gasteiger partial charge in [-0.3, -0.25) is 13.8 Å². The summed E-state index contributed by atoms with van der Waals surface area (Å²) in [6.45, 7) is 5.70. The van der Waals surface area contributed by atoms with Crippen LogP contribution in [0.4, 0.5) is 0 Å². The van der Waals surface area contributed by atoms with Crippen molar-refractivity contribution >= 4 is 13.8 Å². The monoisotopic (exact) mass is 889 g/mol. The van der Waals surface area contributed by atoms with Crippen molar-refractivity contribution in [2.24, 2.45) is 0 Å². The van der Waals surface area contributed by atoms with E-state index in [2.05, 4.69) is 13.8 Å². The van der Waals surface area contributed by atoms with Gasteiger partial charge < -0.3 is 18.9 Å². The number of quaternary nitrogens is 1. The van der Waals surface area contributed by atoms with Crippen molar-refractivity contribution in [1.82, 2.24) is 0 Å². The highest BCUT2D eigenvalue weighted by Crippen LogP contribution is 2.43. The van der Waals surface area contributed by atoms with Crippen LogP contribution >= 0.6 is 7.82 Å². The summed E-state index contributed by atoms with van der Waals surface area (Å²) in [5.74, 6) is -0.305. The fourth-order valence-electron chi connectivity index (χ4n) is 8.03. The van der Waals surface area contributed by atoms with Crippen molar-refractivity contribution in [3.63, 3.8) is 0 Å². The van der Waals surface area contributed by atoms with Crippen LogP contribution in [0, 0.1) is 0 Å². The molecule has 0 amide bonds. The van der Waals surface area contributed by atoms with Crippen molar-refractivity contribution in [3.05, 3.63) is 0 Å². The van der Waals surface area contributed by atoms with E-state index in [1.165, 1.54) is 218 Å². The molecule has 0 spiro atoms.